The maximum absolute atomic E-state index is 12.8. The summed E-state index contributed by atoms with van der Waals surface area (Å²) >= 11 is 9.37. The van der Waals surface area contributed by atoms with Gasteiger partial charge in [-0.1, -0.05) is 47.6 Å². The summed E-state index contributed by atoms with van der Waals surface area (Å²) in [6, 6.07) is 21.7. The first kappa shape index (κ1) is 20.9. The van der Waals surface area contributed by atoms with Crippen molar-refractivity contribution in [3.8, 4) is 0 Å². The van der Waals surface area contributed by atoms with Gasteiger partial charge in [-0.15, -0.1) is 11.3 Å². The van der Waals surface area contributed by atoms with Crippen LogP contribution in [0.5, 0.6) is 0 Å². The Morgan fingerprint density at radius 1 is 1.00 bits per heavy atom. The molecule has 0 saturated heterocycles. The predicted molar refractivity (Wildman–Crippen MR) is 132 cm³/mol. The first-order valence-electron chi connectivity index (χ1n) is 10.1. The van der Waals surface area contributed by atoms with Crippen LogP contribution in [0.25, 0.3) is 0 Å². The van der Waals surface area contributed by atoms with Crippen LogP contribution in [-0.4, -0.2) is 23.1 Å². The predicted octanol–water partition coefficient (Wildman–Crippen LogP) is 6.40. The summed E-state index contributed by atoms with van der Waals surface area (Å²) in [6.07, 6.45) is 4.29. The topological polar surface area (TPSA) is 54.4 Å². The number of carbonyl (C=O) groups is 1. The fourth-order valence-corrected chi connectivity index (χ4v) is 5.53. The number of aromatic nitrogens is 1. The second-order valence-electron chi connectivity index (χ2n) is 7.21. The third-order valence-electron chi connectivity index (χ3n) is 5.04. The van der Waals surface area contributed by atoms with Crippen molar-refractivity contribution in [1.82, 2.24) is 10.3 Å². The van der Waals surface area contributed by atoms with E-state index in [0.717, 1.165) is 48.0 Å². The fourth-order valence-electron chi connectivity index (χ4n) is 3.48. The third kappa shape index (κ3) is 4.48. The first-order chi connectivity index (χ1) is 15.7. The zero-order valence-electron chi connectivity index (χ0n) is 16.9. The molecule has 2 aromatic heterocycles. The van der Waals surface area contributed by atoms with Gasteiger partial charge in [0.05, 0.1) is 20.6 Å². The molecule has 0 radical (unpaired) electrons. The average molecular weight is 476 g/mol. The highest BCUT2D eigenvalue weighted by Gasteiger charge is 2.20. The average Bonchev–Trinajstić information content (AvgIpc) is 3.17. The smallest absolute Gasteiger partial charge is 0.251 e. The number of aliphatic imine (C=N–C) groups is 1. The van der Waals surface area contributed by atoms with Crippen LogP contribution in [0.3, 0.4) is 0 Å². The van der Waals surface area contributed by atoms with Gasteiger partial charge in [0.2, 0.25) is 0 Å². The van der Waals surface area contributed by atoms with Gasteiger partial charge in [0.1, 0.15) is 0 Å². The summed E-state index contributed by atoms with van der Waals surface area (Å²) in [5, 5.41) is 3.00. The standard InChI is InChI=1S/C25H18ClN3OS2/c26-23-10-9-22(32-23)24-18-5-1-2-6-20(18)31-21-8-7-17(14-19(21)29-24)25(30)28-13-11-16-4-3-12-27-15-16/h1-10,12,14-15H,11,13H2,(H,28,30). The largest absolute Gasteiger partial charge is 0.352 e. The molecule has 1 aliphatic rings. The van der Waals surface area contributed by atoms with Crippen LogP contribution >= 0.6 is 34.7 Å². The van der Waals surface area contributed by atoms with Crippen LogP contribution < -0.4 is 5.32 Å². The monoisotopic (exact) mass is 475 g/mol. The molecule has 5 rings (SSSR count). The molecule has 1 amide bonds. The Hall–Kier alpha value is -2.93. The zero-order valence-corrected chi connectivity index (χ0v) is 19.3. The minimum Gasteiger partial charge on any atom is -0.352 e. The van der Waals surface area contributed by atoms with E-state index in [1.54, 1.807) is 18.0 Å². The van der Waals surface area contributed by atoms with Gasteiger partial charge in [-0.2, -0.15) is 0 Å². The number of hydrogen-bond acceptors (Lipinski definition) is 5. The van der Waals surface area contributed by atoms with Crippen molar-refractivity contribution in [2.75, 3.05) is 6.54 Å². The van der Waals surface area contributed by atoms with Gasteiger partial charge >= 0.3 is 0 Å². The number of benzene rings is 2. The molecule has 4 aromatic rings. The van der Waals surface area contributed by atoms with E-state index in [-0.39, 0.29) is 5.91 Å². The number of halogens is 1. The highest BCUT2D eigenvalue weighted by atomic mass is 35.5. The van der Waals surface area contributed by atoms with E-state index in [1.807, 2.05) is 60.8 Å². The Morgan fingerprint density at radius 3 is 2.72 bits per heavy atom. The molecule has 0 atom stereocenters. The van der Waals surface area contributed by atoms with E-state index >= 15 is 0 Å². The Kier molecular flexibility index (Phi) is 6.08. The van der Waals surface area contributed by atoms with E-state index in [1.165, 1.54) is 11.3 Å². The number of thiophene rings is 1. The minimum atomic E-state index is -0.112. The molecule has 0 unspecified atom stereocenters. The van der Waals surface area contributed by atoms with Crippen LogP contribution in [0.2, 0.25) is 4.34 Å². The van der Waals surface area contributed by atoms with Crippen molar-refractivity contribution in [1.29, 1.82) is 0 Å². The number of amides is 1. The van der Waals surface area contributed by atoms with Gasteiger partial charge in [-0.05, 0) is 54.4 Å². The number of pyridine rings is 1. The molecule has 32 heavy (non-hydrogen) atoms. The molecule has 0 saturated carbocycles. The van der Waals surface area contributed by atoms with E-state index in [9.17, 15) is 4.79 Å². The lowest BCUT2D eigenvalue weighted by atomic mass is 10.1. The normalized spacial score (nSPS) is 12.3. The van der Waals surface area contributed by atoms with Gasteiger partial charge in [0, 0.05) is 39.9 Å². The number of nitrogens with zero attached hydrogens (tertiary/aromatic N) is 2. The molecular weight excluding hydrogens is 458 g/mol. The molecule has 1 N–H and O–H groups in total. The Bertz CT molecular complexity index is 1320. The molecule has 3 heterocycles. The summed E-state index contributed by atoms with van der Waals surface area (Å²) in [7, 11) is 0. The summed E-state index contributed by atoms with van der Waals surface area (Å²) in [5.41, 5.74) is 4.40. The number of fused-ring (bicyclic) bond motifs is 2. The van der Waals surface area contributed by atoms with E-state index in [2.05, 4.69) is 22.4 Å². The number of carbonyl (C=O) groups excluding carboxylic acids is 1. The lowest BCUT2D eigenvalue weighted by Crippen LogP contribution is -2.25. The van der Waals surface area contributed by atoms with Crippen molar-refractivity contribution in [2.24, 2.45) is 4.99 Å². The van der Waals surface area contributed by atoms with E-state index in [0.29, 0.717) is 12.1 Å². The van der Waals surface area contributed by atoms with Crippen molar-refractivity contribution >= 4 is 52.0 Å². The molecule has 2 aromatic carbocycles. The van der Waals surface area contributed by atoms with Crippen LogP contribution in [0.1, 0.15) is 26.4 Å². The zero-order chi connectivity index (χ0) is 21.9. The van der Waals surface area contributed by atoms with Gasteiger partial charge in [0.15, 0.2) is 0 Å². The summed E-state index contributed by atoms with van der Waals surface area (Å²) in [6.45, 7) is 0.546. The second kappa shape index (κ2) is 9.28. The van der Waals surface area contributed by atoms with Gasteiger partial charge in [0.25, 0.3) is 5.91 Å². The molecule has 0 spiro atoms. The van der Waals surface area contributed by atoms with Crippen LogP contribution in [-0.2, 0) is 6.42 Å². The highest BCUT2D eigenvalue weighted by Crippen LogP contribution is 2.42. The fraction of sp³-hybridized carbons (Fsp3) is 0.0800. The van der Waals surface area contributed by atoms with Crippen LogP contribution in [0.15, 0.2) is 93.9 Å². The maximum Gasteiger partial charge on any atom is 0.251 e. The molecule has 158 valence electrons. The van der Waals surface area contributed by atoms with Crippen molar-refractivity contribution in [3.63, 3.8) is 0 Å². The molecule has 7 heteroatoms. The van der Waals surface area contributed by atoms with E-state index in [4.69, 9.17) is 16.6 Å². The molecular formula is C25H18ClN3OS2. The van der Waals surface area contributed by atoms with E-state index < -0.39 is 0 Å². The first-order valence-corrected chi connectivity index (χ1v) is 12.1. The molecule has 0 aliphatic carbocycles. The van der Waals surface area contributed by atoms with Gasteiger partial charge in [-0.25, -0.2) is 4.99 Å². The Morgan fingerprint density at radius 2 is 1.91 bits per heavy atom. The molecule has 0 fully saturated rings. The summed E-state index contributed by atoms with van der Waals surface area (Å²) in [4.78, 5) is 25.0. The SMILES string of the molecule is O=C(NCCc1cccnc1)c1ccc2c(c1)N=C(c1ccc(Cl)s1)c1ccccc1S2. The molecule has 4 nitrogen and oxygen atoms in total. The third-order valence-corrected chi connectivity index (χ3v) is 7.42. The quantitative estimate of drug-likeness (QED) is 0.320. The maximum atomic E-state index is 12.8. The number of nitrogens with one attached hydrogen (secondary N) is 1. The minimum absolute atomic E-state index is 0.112. The van der Waals surface area contributed by atoms with Gasteiger partial charge < -0.3 is 5.32 Å². The number of rotatable bonds is 5. The second-order valence-corrected chi connectivity index (χ2v) is 10.0. The Balaban J connectivity index is 1.44. The summed E-state index contributed by atoms with van der Waals surface area (Å²) < 4.78 is 0.721. The highest BCUT2D eigenvalue weighted by molar-refractivity contribution is 7.99. The van der Waals surface area contributed by atoms with Crippen molar-refractivity contribution in [3.05, 3.63) is 105 Å². The lowest BCUT2D eigenvalue weighted by molar-refractivity contribution is 0.0954. The van der Waals surface area contributed by atoms with Crippen molar-refractivity contribution < 1.29 is 4.79 Å². The van der Waals surface area contributed by atoms with Gasteiger partial charge in [-0.3, -0.25) is 9.78 Å². The molecule has 0 bridgehead atoms. The van der Waals surface area contributed by atoms with Crippen LogP contribution in [0.4, 0.5) is 5.69 Å². The Labute approximate surface area is 199 Å². The van der Waals surface area contributed by atoms with Crippen molar-refractivity contribution in [2.45, 2.75) is 16.2 Å². The van der Waals surface area contributed by atoms with Crippen LogP contribution in [0, 0.1) is 0 Å². The number of hydrogen-bond donors (Lipinski definition) is 1. The summed E-state index contributed by atoms with van der Waals surface area (Å²) in [5.74, 6) is -0.112. The molecule has 1 aliphatic heterocycles. The lowest BCUT2D eigenvalue weighted by Gasteiger charge is -2.08.